The summed E-state index contributed by atoms with van der Waals surface area (Å²) in [6.07, 6.45) is 0. The highest BCUT2D eigenvalue weighted by Crippen LogP contribution is 2.44. The number of hydrogen-bond acceptors (Lipinski definition) is 4. The Kier molecular flexibility index (Phi) is 8.54. The van der Waals surface area contributed by atoms with Gasteiger partial charge in [-0.25, -0.2) is 0 Å². The second-order valence-electron chi connectivity index (χ2n) is 15.0. The second-order valence-corrected chi connectivity index (χ2v) is 15.8. The first-order chi connectivity index (χ1) is 18.0. The molecule has 0 bridgehead atoms. The highest BCUT2D eigenvalue weighted by atomic mass is 35.5. The van der Waals surface area contributed by atoms with Crippen molar-refractivity contribution >= 4 is 57.3 Å². The van der Waals surface area contributed by atoms with Crippen molar-refractivity contribution in [2.75, 3.05) is 22.1 Å². The molecule has 40 heavy (non-hydrogen) atoms. The Bertz CT molecular complexity index is 1300. The van der Waals surface area contributed by atoms with E-state index in [2.05, 4.69) is 118 Å². The van der Waals surface area contributed by atoms with Crippen molar-refractivity contribution in [1.29, 1.82) is 0 Å². The Morgan fingerprint density at radius 1 is 0.450 bits per heavy atom. The molecule has 0 saturated carbocycles. The van der Waals surface area contributed by atoms with Gasteiger partial charge in [0.2, 0.25) is 0 Å². The molecule has 218 valence electrons. The molecule has 0 aromatic heterocycles. The molecule has 0 atom stereocenters. The number of nitrogens with two attached hydrogens (primary N) is 2. The van der Waals surface area contributed by atoms with Crippen LogP contribution in [0.25, 0.3) is 0 Å². The van der Waals surface area contributed by atoms with Crippen LogP contribution in [-0.4, -0.2) is 0 Å². The normalized spacial score (nSPS) is 12.9. The fraction of sp³-hybridized carbons (Fsp3) is 0.471. The monoisotopic (exact) mass is 582 g/mol. The molecule has 0 aliphatic heterocycles. The van der Waals surface area contributed by atoms with Gasteiger partial charge in [-0.05, 0) is 68.2 Å². The van der Waals surface area contributed by atoms with Crippen molar-refractivity contribution in [2.45, 2.75) is 105 Å². The molecule has 0 aliphatic rings. The van der Waals surface area contributed by atoms with Gasteiger partial charge in [-0.3, -0.25) is 0 Å². The smallest absolute Gasteiger partial charge is 0.0640 e. The summed E-state index contributed by atoms with van der Waals surface area (Å²) in [4.78, 5) is 0. The van der Waals surface area contributed by atoms with Crippen LogP contribution in [0.2, 0.25) is 10.0 Å². The third-order valence-electron chi connectivity index (χ3n) is 7.31. The van der Waals surface area contributed by atoms with Gasteiger partial charge in [-0.1, -0.05) is 118 Å². The number of halogens is 2. The molecule has 3 rings (SSSR count). The van der Waals surface area contributed by atoms with Crippen LogP contribution in [0.5, 0.6) is 0 Å². The number of benzene rings is 3. The van der Waals surface area contributed by atoms with Crippen molar-refractivity contribution in [3.63, 3.8) is 0 Å². The average molecular weight is 584 g/mol. The average Bonchev–Trinajstić information content (AvgIpc) is 2.76. The summed E-state index contributed by atoms with van der Waals surface area (Å²) in [5, 5.41) is 8.08. The van der Waals surface area contributed by atoms with Gasteiger partial charge in [0.25, 0.3) is 0 Å². The lowest BCUT2D eigenvalue weighted by Gasteiger charge is -2.30. The Hall–Kier alpha value is -2.56. The largest absolute Gasteiger partial charge is 0.397 e. The van der Waals surface area contributed by atoms with Crippen LogP contribution in [0.4, 0.5) is 34.1 Å². The minimum Gasteiger partial charge on any atom is -0.397 e. The third-order valence-corrected chi connectivity index (χ3v) is 8.03. The van der Waals surface area contributed by atoms with Gasteiger partial charge in [-0.15, -0.1) is 0 Å². The molecule has 3 aromatic carbocycles. The van der Waals surface area contributed by atoms with Crippen LogP contribution >= 0.6 is 23.2 Å². The van der Waals surface area contributed by atoms with Crippen molar-refractivity contribution < 1.29 is 0 Å². The molecular formula is C34H48Cl2N4. The van der Waals surface area contributed by atoms with Gasteiger partial charge in [-0.2, -0.15) is 0 Å². The van der Waals surface area contributed by atoms with Crippen LogP contribution < -0.4 is 22.1 Å². The van der Waals surface area contributed by atoms with Crippen LogP contribution in [0.3, 0.4) is 0 Å². The standard InChI is InChI=1S/C34H48Cl2N4/c1-31(2,3)19-13-21(33(7,8)9)29(37)27(15-19)39-25-17-23(35)24(36)18-26(25)40-28-16-20(32(4,5)6)14-22(30(28)38)34(10,11)12/h13-18,39-40H,37-38H2,1-12H3. The maximum atomic E-state index is 6.80. The summed E-state index contributed by atoms with van der Waals surface area (Å²) >= 11 is 13.1. The predicted octanol–water partition coefficient (Wildman–Crippen LogP) is 10.8. The van der Waals surface area contributed by atoms with Crippen LogP contribution in [-0.2, 0) is 21.7 Å². The molecule has 0 amide bonds. The molecule has 4 nitrogen and oxygen atoms in total. The van der Waals surface area contributed by atoms with E-state index in [1.165, 1.54) is 11.1 Å². The van der Waals surface area contributed by atoms with E-state index < -0.39 is 0 Å². The van der Waals surface area contributed by atoms with Gasteiger partial charge in [0.05, 0.1) is 44.2 Å². The van der Waals surface area contributed by atoms with Gasteiger partial charge < -0.3 is 22.1 Å². The van der Waals surface area contributed by atoms with Crippen molar-refractivity contribution in [2.24, 2.45) is 0 Å². The van der Waals surface area contributed by atoms with Crippen molar-refractivity contribution in [3.8, 4) is 0 Å². The summed E-state index contributed by atoms with van der Waals surface area (Å²) in [5.74, 6) is 0. The van der Waals surface area contributed by atoms with Crippen molar-refractivity contribution in [1.82, 2.24) is 0 Å². The first kappa shape index (κ1) is 32.0. The maximum Gasteiger partial charge on any atom is 0.0640 e. The van der Waals surface area contributed by atoms with Crippen LogP contribution in [0.1, 0.15) is 105 Å². The first-order valence-electron chi connectivity index (χ1n) is 13.9. The number of rotatable bonds is 4. The molecule has 0 spiro atoms. The van der Waals surface area contributed by atoms with Crippen molar-refractivity contribution in [3.05, 3.63) is 68.7 Å². The predicted molar refractivity (Wildman–Crippen MR) is 180 cm³/mol. The van der Waals surface area contributed by atoms with E-state index in [1.54, 1.807) is 0 Å². The fourth-order valence-corrected chi connectivity index (χ4v) is 4.99. The topological polar surface area (TPSA) is 76.1 Å². The highest BCUT2D eigenvalue weighted by molar-refractivity contribution is 6.42. The van der Waals surface area contributed by atoms with E-state index in [1.807, 2.05) is 12.1 Å². The number of anilines is 6. The minimum atomic E-state index is -0.133. The zero-order chi connectivity index (χ0) is 30.6. The van der Waals surface area contributed by atoms with E-state index in [-0.39, 0.29) is 21.7 Å². The lowest BCUT2D eigenvalue weighted by Crippen LogP contribution is -2.20. The summed E-state index contributed by atoms with van der Waals surface area (Å²) < 4.78 is 0. The summed E-state index contributed by atoms with van der Waals surface area (Å²) in [5.41, 5.74) is 22.4. The molecule has 3 aromatic rings. The summed E-state index contributed by atoms with van der Waals surface area (Å²) in [6, 6.07) is 12.4. The Balaban J connectivity index is 2.23. The lowest BCUT2D eigenvalue weighted by atomic mass is 9.79. The molecule has 0 heterocycles. The Labute approximate surface area is 252 Å². The summed E-state index contributed by atoms with van der Waals surface area (Å²) in [6.45, 7) is 26.3. The number of hydrogen-bond donors (Lipinski definition) is 4. The van der Waals surface area contributed by atoms with Gasteiger partial charge in [0.15, 0.2) is 0 Å². The van der Waals surface area contributed by atoms with Crippen LogP contribution in [0.15, 0.2) is 36.4 Å². The second kappa shape index (κ2) is 10.7. The van der Waals surface area contributed by atoms with E-state index >= 15 is 0 Å². The van der Waals surface area contributed by atoms with Crippen LogP contribution in [0, 0.1) is 0 Å². The molecule has 0 radical (unpaired) electrons. The lowest BCUT2D eigenvalue weighted by molar-refractivity contribution is 0.570. The maximum absolute atomic E-state index is 6.80. The minimum absolute atomic E-state index is 0.0615. The van der Waals surface area contributed by atoms with Gasteiger partial charge in [0.1, 0.15) is 0 Å². The fourth-order valence-electron chi connectivity index (χ4n) is 4.66. The van der Waals surface area contributed by atoms with Gasteiger partial charge >= 0.3 is 0 Å². The quantitative estimate of drug-likeness (QED) is 0.231. The first-order valence-corrected chi connectivity index (χ1v) is 14.7. The molecule has 0 aliphatic carbocycles. The zero-order valence-corrected chi connectivity index (χ0v) is 27.9. The third kappa shape index (κ3) is 7.01. The van der Waals surface area contributed by atoms with E-state index in [9.17, 15) is 0 Å². The molecule has 6 heteroatoms. The molecule has 0 saturated heterocycles. The van der Waals surface area contributed by atoms with E-state index in [0.717, 1.165) is 33.9 Å². The Morgan fingerprint density at radius 3 is 1.00 bits per heavy atom. The Morgan fingerprint density at radius 2 is 0.750 bits per heavy atom. The van der Waals surface area contributed by atoms with Gasteiger partial charge in [0, 0.05) is 0 Å². The molecule has 6 N–H and O–H groups in total. The summed E-state index contributed by atoms with van der Waals surface area (Å²) in [7, 11) is 0. The molecular weight excluding hydrogens is 535 g/mol. The number of nitrogen functional groups attached to an aromatic ring is 2. The van der Waals surface area contributed by atoms with E-state index in [0.29, 0.717) is 21.4 Å². The highest BCUT2D eigenvalue weighted by Gasteiger charge is 2.26. The number of nitrogens with one attached hydrogen (secondary N) is 2. The zero-order valence-electron chi connectivity index (χ0n) is 26.4. The van der Waals surface area contributed by atoms with E-state index in [4.69, 9.17) is 34.7 Å². The molecule has 0 unspecified atom stereocenters. The SMILES string of the molecule is CC(C)(C)c1cc(Nc2cc(Cl)c(Cl)cc2Nc2cc(C(C)(C)C)cc(C(C)(C)C)c2N)c(N)c(C(C)(C)C)c1. The molecule has 0 fully saturated rings.